The summed E-state index contributed by atoms with van der Waals surface area (Å²) in [6.45, 7) is 5.79. The van der Waals surface area contributed by atoms with Gasteiger partial charge in [-0.3, -0.25) is 0 Å². The molecule has 0 atom stereocenters. The molecule has 0 saturated heterocycles. The Bertz CT molecular complexity index is 855. The Morgan fingerprint density at radius 3 is 2.38 bits per heavy atom. The molecule has 0 fully saturated rings. The van der Waals surface area contributed by atoms with E-state index in [4.69, 9.17) is 19.2 Å². The standard InChI is InChI=1S/C25H38N4O3/c1-7-26-25(27-19-21-10-8-9-11-22(21)32-17-16-28(2)3)29(4)15-14-20-12-13-23(30-5)24(18-20)31-6/h8-13,18H,7,14-17,19H2,1-6H3,(H,26,27). The van der Waals surface area contributed by atoms with E-state index in [1.54, 1.807) is 14.2 Å². The highest BCUT2D eigenvalue weighted by atomic mass is 16.5. The summed E-state index contributed by atoms with van der Waals surface area (Å²) >= 11 is 0. The lowest BCUT2D eigenvalue weighted by atomic mass is 10.1. The number of benzene rings is 2. The average Bonchev–Trinajstić information content (AvgIpc) is 2.80. The van der Waals surface area contributed by atoms with Gasteiger partial charge in [-0.05, 0) is 51.2 Å². The largest absolute Gasteiger partial charge is 0.493 e. The van der Waals surface area contributed by atoms with Crippen molar-refractivity contribution in [3.05, 3.63) is 53.6 Å². The third kappa shape index (κ3) is 7.96. The Balaban J connectivity index is 2.03. The zero-order valence-corrected chi connectivity index (χ0v) is 20.4. The van der Waals surface area contributed by atoms with Crippen molar-refractivity contribution in [3.8, 4) is 17.2 Å². The fourth-order valence-corrected chi connectivity index (χ4v) is 3.18. The molecule has 7 heteroatoms. The number of nitrogens with zero attached hydrogens (tertiary/aromatic N) is 3. The monoisotopic (exact) mass is 442 g/mol. The van der Waals surface area contributed by atoms with Crippen molar-refractivity contribution in [1.82, 2.24) is 15.1 Å². The Morgan fingerprint density at radius 1 is 0.938 bits per heavy atom. The molecule has 0 bridgehead atoms. The highest BCUT2D eigenvalue weighted by Gasteiger charge is 2.10. The number of hydrogen-bond acceptors (Lipinski definition) is 5. The number of aliphatic imine (C=N–C) groups is 1. The summed E-state index contributed by atoms with van der Waals surface area (Å²) in [5.41, 5.74) is 2.26. The van der Waals surface area contributed by atoms with Gasteiger partial charge in [0.2, 0.25) is 0 Å². The Morgan fingerprint density at radius 2 is 1.69 bits per heavy atom. The fraction of sp³-hybridized carbons (Fsp3) is 0.480. The molecule has 0 aliphatic rings. The molecule has 0 aromatic heterocycles. The lowest BCUT2D eigenvalue weighted by Crippen LogP contribution is -2.40. The van der Waals surface area contributed by atoms with E-state index < -0.39 is 0 Å². The summed E-state index contributed by atoms with van der Waals surface area (Å²) in [6, 6.07) is 14.1. The van der Waals surface area contributed by atoms with E-state index in [0.717, 1.165) is 54.8 Å². The van der Waals surface area contributed by atoms with Crippen LogP contribution in [0.15, 0.2) is 47.5 Å². The van der Waals surface area contributed by atoms with Gasteiger partial charge in [0.15, 0.2) is 17.5 Å². The molecule has 0 unspecified atom stereocenters. The molecule has 0 aliphatic heterocycles. The van der Waals surface area contributed by atoms with Crippen LogP contribution in [0.3, 0.4) is 0 Å². The highest BCUT2D eigenvalue weighted by Crippen LogP contribution is 2.27. The molecule has 0 amide bonds. The number of likely N-dealkylation sites (N-methyl/N-ethyl adjacent to an activating group) is 2. The molecular weight excluding hydrogens is 404 g/mol. The van der Waals surface area contributed by atoms with E-state index in [1.807, 2.05) is 44.4 Å². The van der Waals surface area contributed by atoms with E-state index in [1.165, 1.54) is 5.56 Å². The normalized spacial score (nSPS) is 11.4. The average molecular weight is 443 g/mol. The SMILES string of the molecule is CCNC(=NCc1ccccc1OCCN(C)C)N(C)CCc1ccc(OC)c(OC)c1. The van der Waals surface area contributed by atoms with E-state index in [0.29, 0.717) is 13.2 Å². The second-order valence-electron chi connectivity index (χ2n) is 7.79. The van der Waals surface area contributed by atoms with Crippen LogP contribution in [0.1, 0.15) is 18.1 Å². The molecule has 2 rings (SSSR count). The van der Waals surface area contributed by atoms with Crippen molar-refractivity contribution in [2.75, 3.05) is 61.6 Å². The summed E-state index contributed by atoms with van der Waals surface area (Å²) < 4.78 is 16.7. The van der Waals surface area contributed by atoms with Gasteiger partial charge in [-0.2, -0.15) is 0 Å². The molecule has 0 aliphatic carbocycles. The van der Waals surface area contributed by atoms with E-state index in [-0.39, 0.29) is 0 Å². The Kier molecular flexibility index (Phi) is 10.7. The Labute approximate surface area is 193 Å². The number of nitrogens with one attached hydrogen (secondary N) is 1. The maximum Gasteiger partial charge on any atom is 0.193 e. The lowest BCUT2D eigenvalue weighted by molar-refractivity contribution is 0.259. The van der Waals surface area contributed by atoms with Crippen LogP contribution in [0.4, 0.5) is 0 Å². The molecule has 2 aromatic rings. The number of hydrogen-bond donors (Lipinski definition) is 1. The topological polar surface area (TPSA) is 58.6 Å². The molecule has 0 radical (unpaired) electrons. The molecule has 1 N–H and O–H groups in total. The number of ether oxygens (including phenoxy) is 3. The van der Waals surface area contributed by atoms with Gasteiger partial charge in [-0.25, -0.2) is 4.99 Å². The van der Waals surface area contributed by atoms with Gasteiger partial charge in [0.1, 0.15) is 12.4 Å². The van der Waals surface area contributed by atoms with Crippen molar-refractivity contribution in [3.63, 3.8) is 0 Å². The number of para-hydroxylation sites is 1. The van der Waals surface area contributed by atoms with E-state index >= 15 is 0 Å². The van der Waals surface area contributed by atoms with Gasteiger partial charge < -0.3 is 29.3 Å². The minimum absolute atomic E-state index is 0.557. The van der Waals surface area contributed by atoms with Crippen LogP contribution in [-0.2, 0) is 13.0 Å². The van der Waals surface area contributed by atoms with Crippen molar-refractivity contribution in [2.24, 2.45) is 4.99 Å². The minimum Gasteiger partial charge on any atom is -0.493 e. The summed E-state index contributed by atoms with van der Waals surface area (Å²) in [5.74, 6) is 3.25. The van der Waals surface area contributed by atoms with Crippen LogP contribution in [0.2, 0.25) is 0 Å². The third-order valence-electron chi connectivity index (χ3n) is 5.05. The summed E-state index contributed by atoms with van der Waals surface area (Å²) in [5, 5.41) is 3.39. The van der Waals surface area contributed by atoms with Crippen LogP contribution in [-0.4, -0.2) is 77.4 Å². The smallest absolute Gasteiger partial charge is 0.193 e. The summed E-state index contributed by atoms with van der Waals surface area (Å²) in [7, 11) is 9.45. The van der Waals surface area contributed by atoms with Crippen molar-refractivity contribution in [1.29, 1.82) is 0 Å². The molecule has 0 saturated carbocycles. The van der Waals surface area contributed by atoms with Gasteiger partial charge in [-0.15, -0.1) is 0 Å². The van der Waals surface area contributed by atoms with Crippen LogP contribution < -0.4 is 19.5 Å². The van der Waals surface area contributed by atoms with Gasteiger partial charge in [-0.1, -0.05) is 24.3 Å². The maximum atomic E-state index is 5.98. The molecule has 7 nitrogen and oxygen atoms in total. The van der Waals surface area contributed by atoms with Gasteiger partial charge >= 0.3 is 0 Å². The first-order chi connectivity index (χ1) is 15.5. The highest BCUT2D eigenvalue weighted by molar-refractivity contribution is 5.79. The predicted molar refractivity (Wildman–Crippen MR) is 131 cm³/mol. The molecule has 0 heterocycles. The van der Waals surface area contributed by atoms with E-state index in [9.17, 15) is 0 Å². The fourth-order valence-electron chi connectivity index (χ4n) is 3.18. The first-order valence-electron chi connectivity index (χ1n) is 11.0. The molecule has 32 heavy (non-hydrogen) atoms. The predicted octanol–water partition coefficient (Wildman–Crippen LogP) is 3.28. The van der Waals surface area contributed by atoms with Crippen LogP contribution in [0, 0.1) is 0 Å². The van der Waals surface area contributed by atoms with Crippen LogP contribution in [0.25, 0.3) is 0 Å². The first kappa shape index (κ1) is 25.3. The summed E-state index contributed by atoms with van der Waals surface area (Å²) in [4.78, 5) is 9.11. The van der Waals surface area contributed by atoms with Crippen molar-refractivity contribution in [2.45, 2.75) is 19.9 Å². The zero-order valence-electron chi connectivity index (χ0n) is 20.4. The zero-order chi connectivity index (χ0) is 23.3. The van der Waals surface area contributed by atoms with Gasteiger partial charge in [0, 0.05) is 32.2 Å². The number of rotatable bonds is 12. The lowest BCUT2D eigenvalue weighted by Gasteiger charge is -2.22. The van der Waals surface area contributed by atoms with Crippen LogP contribution >= 0.6 is 0 Å². The maximum absolute atomic E-state index is 5.98. The van der Waals surface area contributed by atoms with Gasteiger partial charge in [0.25, 0.3) is 0 Å². The number of guanidine groups is 1. The second kappa shape index (κ2) is 13.5. The van der Waals surface area contributed by atoms with E-state index in [2.05, 4.69) is 41.2 Å². The van der Waals surface area contributed by atoms with Crippen molar-refractivity contribution < 1.29 is 14.2 Å². The third-order valence-corrected chi connectivity index (χ3v) is 5.05. The van der Waals surface area contributed by atoms with Crippen LogP contribution in [0.5, 0.6) is 17.2 Å². The molecular formula is C25H38N4O3. The minimum atomic E-state index is 0.557. The van der Waals surface area contributed by atoms with Gasteiger partial charge in [0.05, 0.1) is 20.8 Å². The quantitative estimate of drug-likeness (QED) is 0.402. The molecule has 176 valence electrons. The second-order valence-corrected chi connectivity index (χ2v) is 7.79. The molecule has 0 spiro atoms. The Hall–Kier alpha value is -2.93. The summed E-state index contributed by atoms with van der Waals surface area (Å²) in [6.07, 6.45) is 0.867. The van der Waals surface area contributed by atoms with Crippen molar-refractivity contribution >= 4 is 5.96 Å². The number of methoxy groups -OCH3 is 2. The first-order valence-corrected chi connectivity index (χ1v) is 11.0. The molecule has 2 aromatic carbocycles.